The maximum absolute atomic E-state index is 8.85. The molecule has 2 aromatic carbocycles. The van der Waals surface area contributed by atoms with Gasteiger partial charge in [-0.1, -0.05) is 42.5 Å². The van der Waals surface area contributed by atoms with Gasteiger partial charge in [-0.3, -0.25) is 10.8 Å². The van der Waals surface area contributed by atoms with Crippen LogP contribution in [0.15, 0.2) is 59.7 Å². The highest BCUT2D eigenvalue weighted by atomic mass is 16.5. The molecule has 24 heavy (non-hydrogen) atoms. The fraction of sp³-hybridized carbons (Fsp3) is 0.167. The molecule has 0 amide bonds. The molecule has 0 saturated heterocycles. The number of benzene rings is 2. The normalized spacial score (nSPS) is 10.7. The summed E-state index contributed by atoms with van der Waals surface area (Å²) in [6, 6.07) is 19.3. The van der Waals surface area contributed by atoms with Crippen LogP contribution in [0.2, 0.25) is 0 Å². The van der Waals surface area contributed by atoms with E-state index in [4.69, 9.17) is 21.1 Å². The van der Waals surface area contributed by atoms with E-state index in [-0.39, 0.29) is 11.5 Å². The Morgan fingerprint density at radius 1 is 1.17 bits per heavy atom. The maximum Gasteiger partial charge on any atom is 0.201 e. The predicted molar refractivity (Wildman–Crippen MR) is 95.3 cm³/mol. The summed E-state index contributed by atoms with van der Waals surface area (Å²) in [7, 11) is 0. The molecule has 0 aliphatic heterocycles. The van der Waals surface area contributed by atoms with Gasteiger partial charge in [-0.2, -0.15) is 10.4 Å². The summed E-state index contributed by atoms with van der Waals surface area (Å²) < 4.78 is 5.79. The van der Waals surface area contributed by atoms with Crippen LogP contribution in [0.3, 0.4) is 0 Å². The Balaban J connectivity index is 1.91. The minimum atomic E-state index is -0.383. The first-order valence-electron chi connectivity index (χ1n) is 7.54. The quantitative estimate of drug-likeness (QED) is 0.301. The molecule has 2 rings (SSSR count). The van der Waals surface area contributed by atoms with E-state index in [0.717, 1.165) is 12.8 Å². The fourth-order valence-corrected chi connectivity index (χ4v) is 2.05. The third kappa shape index (κ3) is 5.14. The molecule has 4 N–H and O–H groups in total. The van der Waals surface area contributed by atoms with Crippen LogP contribution in [0.25, 0.3) is 0 Å². The van der Waals surface area contributed by atoms with E-state index in [1.807, 2.05) is 36.4 Å². The minimum Gasteiger partial charge on any atom is -0.491 e. The van der Waals surface area contributed by atoms with Crippen molar-refractivity contribution >= 4 is 17.2 Å². The Morgan fingerprint density at radius 3 is 2.58 bits per heavy atom. The Bertz CT molecular complexity index is 750. The minimum absolute atomic E-state index is 0.172. The molecule has 2 aromatic rings. The first-order chi connectivity index (χ1) is 11.7. The Labute approximate surface area is 141 Å². The molecule has 122 valence electrons. The van der Waals surface area contributed by atoms with Crippen molar-refractivity contribution < 1.29 is 4.74 Å². The number of nitriles is 1. The Kier molecular flexibility index (Phi) is 6.35. The zero-order chi connectivity index (χ0) is 17.2. The molecule has 0 radical (unpaired) electrons. The van der Waals surface area contributed by atoms with E-state index < -0.39 is 0 Å². The molecule has 0 unspecified atom stereocenters. The van der Waals surface area contributed by atoms with E-state index in [2.05, 4.69) is 22.7 Å². The van der Waals surface area contributed by atoms with Crippen LogP contribution in [-0.4, -0.2) is 18.2 Å². The molecule has 0 saturated carbocycles. The first-order valence-corrected chi connectivity index (χ1v) is 7.54. The molecule has 0 spiro atoms. The number of rotatable bonds is 8. The van der Waals surface area contributed by atoms with Gasteiger partial charge >= 0.3 is 0 Å². The van der Waals surface area contributed by atoms with Gasteiger partial charge in [0.25, 0.3) is 0 Å². The van der Waals surface area contributed by atoms with Crippen LogP contribution in [0, 0.1) is 16.7 Å². The molecule has 0 atom stereocenters. The maximum atomic E-state index is 8.85. The van der Waals surface area contributed by atoms with Crippen molar-refractivity contribution in [1.29, 1.82) is 10.7 Å². The van der Waals surface area contributed by atoms with Crippen LogP contribution in [-0.2, 0) is 6.42 Å². The molecular weight excluding hydrogens is 302 g/mol. The molecule has 0 bridgehead atoms. The second-order valence-corrected chi connectivity index (χ2v) is 5.03. The van der Waals surface area contributed by atoms with Crippen LogP contribution < -0.4 is 15.9 Å². The average molecular weight is 321 g/mol. The summed E-state index contributed by atoms with van der Waals surface area (Å²) in [5.74, 6) is 0.251. The lowest BCUT2D eigenvalue weighted by atomic mass is 10.1. The number of amidine groups is 1. The lowest BCUT2D eigenvalue weighted by molar-refractivity contribution is 0.312. The number of nitrogens with two attached hydrogens (primary N) is 1. The summed E-state index contributed by atoms with van der Waals surface area (Å²) >= 11 is 0. The zero-order valence-electron chi connectivity index (χ0n) is 13.2. The van der Waals surface area contributed by atoms with Crippen LogP contribution in [0.4, 0.5) is 5.69 Å². The topological polar surface area (TPSA) is 107 Å². The van der Waals surface area contributed by atoms with Gasteiger partial charge in [0.15, 0.2) is 5.84 Å². The second kappa shape index (κ2) is 8.96. The summed E-state index contributed by atoms with van der Waals surface area (Å²) in [5.41, 5.74) is 9.71. The smallest absolute Gasteiger partial charge is 0.201 e. The third-order valence-corrected chi connectivity index (χ3v) is 3.25. The van der Waals surface area contributed by atoms with Crippen molar-refractivity contribution in [3.63, 3.8) is 0 Å². The van der Waals surface area contributed by atoms with Crippen LogP contribution >= 0.6 is 0 Å². The fourth-order valence-electron chi connectivity index (χ4n) is 2.05. The largest absolute Gasteiger partial charge is 0.491 e. The average Bonchev–Trinajstić information content (AvgIpc) is 2.61. The zero-order valence-corrected chi connectivity index (χ0v) is 13.2. The summed E-state index contributed by atoms with van der Waals surface area (Å²) in [6.07, 6.45) is 1.83. The highest BCUT2D eigenvalue weighted by Crippen LogP contribution is 2.24. The molecule has 6 nitrogen and oxygen atoms in total. The van der Waals surface area contributed by atoms with E-state index in [1.165, 1.54) is 5.56 Å². The molecule has 6 heteroatoms. The highest BCUT2D eigenvalue weighted by molar-refractivity contribution is 6.45. The predicted octanol–water partition coefficient (Wildman–Crippen LogP) is 2.93. The van der Waals surface area contributed by atoms with Gasteiger partial charge in [-0.15, -0.1) is 0 Å². The third-order valence-electron chi connectivity index (χ3n) is 3.25. The molecule has 0 aliphatic rings. The van der Waals surface area contributed by atoms with Crippen molar-refractivity contribution in [2.75, 3.05) is 12.0 Å². The van der Waals surface area contributed by atoms with Gasteiger partial charge < -0.3 is 10.5 Å². The number of para-hydroxylation sites is 2. The summed E-state index contributed by atoms with van der Waals surface area (Å²) in [6.45, 7) is 0.565. The number of hydrogen-bond donors (Lipinski definition) is 3. The Hall–Kier alpha value is -3.33. The molecule has 0 aromatic heterocycles. The van der Waals surface area contributed by atoms with Crippen molar-refractivity contribution in [1.82, 2.24) is 0 Å². The number of hydrazone groups is 1. The lowest BCUT2D eigenvalue weighted by Gasteiger charge is -2.11. The number of aryl methyl sites for hydroxylation is 1. The van der Waals surface area contributed by atoms with Gasteiger partial charge in [-0.05, 0) is 30.5 Å². The van der Waals surface area contributed by atoms with Gasteiger partial charge in [0.1, 0.15) is 11.8 Å². The summed E-state index contributed by atoms with van der Waals surface area (Å²) in [5, 5.41) is 19.9. The van der Waals surface area contributed by atoms with Crippen molar-refractivity contribution in [2.45, 2.75) is 12.8 Å². The van der Waals surface area contributed by atoms with Gasteiger partial charge in [0.2, 0.25) is 5.71 Å². The van der Waals surface area contributed by atoms with Crippen LogP contribution in [0.5, 0.6) is 5.75 Å². The number of nitrogens with one attached hydrogen (secondary N) is 2. The highest BCUT2D eigenvalue weighted by Gasteiger charge is 2.05. The molecule has 0 aliphatic carbocycles. The van der Waals surface area contributed by atoms with Crippen LogP contribution in [0.1, 0.15) is 12.0 Å². The van der Waals surface area contributed by atoms with E-state index >= 15 is 0 Å². The summed E-state index contributed by atoms with van der Waals surface area (Å²) in [4.78, 5) is 0. The second-order valence-electron chi connectivity index (χ2n) is 5.03. The first kappa shape index (κ1) is 17.0. The SMILES string of the molecule is N#C/C(=N\Nc1ccccc1OCCCc1ccccc1)C(=N)N. The molecule has 0 fully saturated rings. The van der Waals surface area contributed by atoms with Gasteiger partial charge in [0.05, 0.1) is 12.3 Å². The van der Waals surface area contributed by atoms with E-state index in [0.29, 0.717) is 18.0 Å². The standard InChI is InChI=1S/C18H19N5O/c19-13-16(18(20)21)23-22-15-10-4-5-11-17(15)24-12-6-9-14-7-2-1-3-8-14/h1-5,7-8,10-11,22H,6,9,12H2,(H3,20,21)/b23-16+. The number of anilines is 1. The van der Waals surface area contributed by atoms with Crippen molar-refractivity contribution in [2.24, 2.45) is 10.8 Å². The van der Waals surface area contributed by atoms with E-state index in [1.54, 1.807) is 12.1 Å². The lowest BCUT2D eigenvalue weighted by Crippen LogP contribution is -2.21. The monoisotopic (exact) mass is 321 g/mol. The number of hydrogen-bond acceptors (Lipinski definition) is 5. The Morgan fingerprint density at radius 2 is 1.88 bits per heavy atom. The molecular formula is C18H19N5O. The van der Waals surface area contributed by atoms with Crippen molar-refractivity contribution in [3.8, 4) is 11.8 Å². The molecule has 0 heterocycles. The van der Waals surface area contributed by atoms with E-state index in [9.17, 15) is 0 Å². The van der Waals surface area contributed by atoms with Gasteiger partial charge in [0, 0.05) is 0 Å². The number of ether oxygens (including phenoxy) is 1. The van der Waals surface area contributed by atoms with Gasteiger partial charge in [-0.25, -0.2) is 0 Å². The van der Waals surface area contributed by atoms with Crippen molar-refractivity contribution in [3.05, 3.63) is 60.2 Å². The number of nitrogens with zero attached hydrogens (tertiary/aromatic N) is 2.